The van der Waals surface area contributed by atoms with Gasteiger partial charge in [-0.1, -0.05) is 6.92 Å². The smallest absolute Gasteiger partial charge is 0.245 e. The van der Waals surface area contributed by atoms with E-state index in [2.05, 4.69) is 0 Å². The minimum Gasteiger partial charge on any atom is -0.302 e. The molecule has 0 aromatic carbocycles. The van der Waals surface area contributed by atoms with Crippen LogP contribution in [0.4, 0.5) is 0 Å². The number of carbonyl (C=O) groups excluding carboxylic acids is 1. The zero-order chi connectivity index (χ0) is 8.20. The molecule has 0 aliphatic heterocycles. The van der Waals surface area contributed by atoms with Crippen molar-refractivity contribution in [1.82, 2.24) is 0 Å². The molecule has 1 unspecified atom stereocenters. The highest BCUT2D eigenvalue weighted by atomic mass is 35.7. The quantitative estimate of drug-likeness (QED) is 0.399. The SMILES string of the molecule is CCP(=O)(Cl)C=CC(=O)Cl. The highest BCUT2D eigenvalue weighted by Gasteiger charge is 2.09. The van der Waals surface area contributed by atoms with Crippen LogP contribution in [0.1, 0.15) is 6.92 Å². The van der Waals surface area contributed by atoms with E-state index in [4.69, 9.17) is 22.8 Å². The van der Waals surface area contributed by atoms with Crippen LogP contribution in [0.2, 0.25) is 0 Å². The molecule has 0 saturated heterocycles. The van der Waals surface area contributed by atoms with Gasteiger partial charge in [0.05, 0.1) is 0 Å². The molecule has 0 N–H and O–H groups in total. The topological polar surface area (TPSA) is 34.1 Å². The van der Waals surface area contributed by atoms with Crippen LogP contribution in [0.3, 0.4) is 0 Å². The third-order valence-electron chi connectivity index (χ3n) is 0.859. The summed E-state index contributed by atoms with van der Waals surface area (Å²) in [6.45, 7) is -1.06. The van der Waals surface area contributed by atoms with Crippen molar-refractivity contribution in [2.24, 2.45) is 0 Å². The fourth-order valence-corrected chi connectivity index (χ4v) is 1.16. The van der Waals surface area contributed by atoms with E-state index in [9.17, 15) is 9.36 Å². The Morgan fingerprint density at radius 2 is 2.20 bits per heavy atom. The predicted molar refractivity (Wildman–Crippen MR) is 44.0 cm³/mol. The van der Waals surface area contributed by atoms with E-state index in [-0.39, 0.29) is 0 Å². The number of allylic oxidation sites excluding steroid dienone is 1. The minimum atomic E-state index is -2.74. The van der Waals surface area contributed by atoms with Crippen molar-refractivity contribution in [2.75, 3.05) is 6.16 Å². The van der Waals surface area contributed by atoms with Crippen LogP contribution in [-0.2, 0) is 9.36 Å². The summed E-state index contributed by atoms with van der Waals surface area (Å²) >= 11 is 10.4. The van der Waals surface area contributed by atoms with Gasteiger partial charge in [0.1, 0.15) is 0 Å². The van der Waals surface area contributed by atoms with E-state index >= 15 is 0 Å². The van der Waals surface area contributed by atoms with Crippen LogP contribution in [0.5, 0.6) is 0 Å². The Bertz CT molecular complexity index is 200. The van der Waals surface area contributed by atoms with Crippen molar-refractivity contribution < 1.29 is 9.36 Å². The summed E-state index contributed by atoms with van der Waals surface area (Å²) in [7, 11) is 0. The van der Waals surface area contributed by atoms with Gasteiger partial charge in [-0.25, -0.2) is 0 Å². The molecule has 0 heterocycles. The second kappa shape index (κ2) is 4.17. The van der Waals surface area contributed by atoms with Crippen molar-refractivity contribution in [2.45, 2.75) is 6.92 Å². The van der Waals surface area contributed by atoms with Crippen molar-refractivity contribution in [3.63, 3.8) is 0 Å². The first-order chi connectivity index (χ1) is 4.48. The van der Waals surface area contributed by atoms with E-state index in [1.54, 1.807) is 6.92 Å². The summed E-state index contributed by atoms with van der Waals surface area (Å²) in [5.41, 5.74) is 0. The maximum Gasteiger partial charge on any atom is 0.245 e. The highest BCUT2D eigenvalue weighted by molar-refractivity contribution is 7.91. The van der Waals surface area contributed by atoms with Crippen LogP contribution in [0, 0.1) is 0 Å². The van der Waals surface area contributed by atoms with Gasteiger partial charge in [-0.15, -0.1) is 0 Å². The summed E-state index contributed by atoms with van der Waals surface area (Å²) < 4.78 is 11.0. The van der Waals surface area contributed by atoms with Gasteiger partial charge in [0.15, 0.2) is 6.49 Å². The number of rotatable bonds is 3. The lowest BCUT2D eigenvalue weighted by Crippen LogP contribution is -1.76. The van der Waals surface area contributed by atoms with Gasteiger partial charge in [0.2, 0.25) is 5.24 Å². The van der Waals surface area contributed by atoms with Crippen LogP contribution in [-0.4, -0.2) is 11.4 Å². The molecule has 0 bridgehead atoms. The monoisotopic (exact) mass is 200 g/mol. The summed E-state index contributed by atoms with van der Waals surface area (Å²) in [4.78, 5) is 10.1. The first-order valence-electron chi connectivity index (χ1n) is 2.65. The molecule has 0 aliphatic rings. The number of halogens is 2. The van der Waals surface area contributed by atoms with Crippen molar-refractivity contribution in [3.8, 4) is 0 Å². The summed E-state index contributed by atoms with van der Waals surface area (Å²) in [5.74, 6) is 1.16. The van der Waals surface area contributed by atoms with E-state index in [1.165, 1.54) is 0 Å². The molecule has 5 heteroatoms. The predicted octanol–water partition coefficient (Wildman–Crippen LogP) is 2.80. The molecule has 2 nitrogen and oxygen atoms in total. The van der Waals surface area contributed by atoms with Gasteiger partial charge in [0, 0.05) is 12.2 Å². The zero-order valence-corrected chi connectivity index (χ0v) is 7.79. The Labute approximate surface area is 69.4 Å². The molecule has 0 saturated carbocycles. The van der Waals surface area contributed by atoms with E-state index in [0.29, 0.717) is 6.16 Å². The van der Waals surface area contributed by atoms with Gasteiger partial charge in [0.25, 0.3) is 0 Å². The Morgan fingerprint density at radius 3 is 2.50 bits per heavy atom. The van der Waals surface area contributed by atoms with Crippen molar-refractivity contribution in [1.29, 1.82) is 0 Å². The average Bonchev–Trinajstić information content (AvgIpc) is 1.85. The largest absolute Gasteiger partial charge is 0.302 e. The third-order valence-corrected chi connectivity index (χ3v) is 3.50. The normalized spacial score (nSPS) is 17.1. The molecular formula is C5H7Cl2O2P. The van der Waals surface area contributed by atoms with Crippen LogP contribution >= 0.6 is 29.3 Å². The first-order valence-corrected chi connectivity index (χ1v) is 5.89. The van der Waals surface area contributed by atoms with Gasteiger partial charge in [-0.05, 0) is 28.7 Å². The molecule has 0 aromatic rings. The van der Waals surface area contributed by atoms with Gasteiger partial charge >= 0.3 is 0 Å². The van der Waals surface area contributed by atoms with E-state index in [1.807, 2.05) is 0 Å². The summed E-state index contributed by atoms with van der Waals surface area (Å²) in [6.07, 6.45) is 1.34. The van der Waals surface area contributed by atoms with Crippen molar-refractivity contribution >= 4 is 34.6 Å². The number of carbonyl (C=O) groups is 1. The summed E-state index contributed by atoms with van der Waals surface area (Å²) in [6, 6.07) is 0. The highest BCUT2D eigenvalue weighted by Crippen LogP contribution is 2.52. The number of hydrogen-bond donors (Lipinski definition) is 0. The molecule has 0 amide bonds. The summed E-state index contributed by atoms with van der Waals surface area (Å²) in [5, 5.41) is -0.658. The maximum atomic E-state index is 11.0. The Hall–Kier alpha value is 0.220. The molecule has 0 radical (unpaired) electrons. The molecular weight excluding hydrogens is 194 g/mol. The first kappa shape index (κ1) is 10.2. The lowest BCUT2D eigenvalue weighted by atomic mass is 10.7. The van der Waals surface area contributed by atoms with Crippen LogP contribution in [0.15, 0.2) is 11.9 Å². The van der Waals surface area contributed by atoms with E-state index < -0.39 is 11.7 Å². The van der Waals surface area contributed by atoms with Gasteiger partial charge in [-0.3, -0.25) is 4.79 Å². The third kappa shape index (κ3) is 5.04. The Kier molecular flexibility index (Phi) is 4.26. The standard InChI is InChI=1S/C5H7Cl2O2P/c1-2-10(7,9)4-3-5(6)8/h3-4H,2H2,1H3. The van der Waals surface area contributed by atoms with Crippen molar-refractivity contribution in [3.05, 3.63) is 11.9 Å². The lowest BCUT2D eigenvalue weighted by Gasteiger charge is -1.96. The molecule has 0 rings (SSSR count). The second-order valence-corrected chi connectivity index (χ2v) is 6.07. The molecule has 0 aromatic heterocycles. The van der Waals surface area contributed by atoms with Crippen LogP contribution in [0.25, 0.3) is 0 Å². The molecule has 10 heavy (non-hydrogen) atoms. The Morgan fingerprint density at radius 1 is 1.70 bits per heavy atom. The van der Waals surface area contributed by atoms with Crippen LogP contribution < -0.4 is 0 Å². The fraction of sp³-hybridized carbons (Fsp3) is 0.400. The van der Waals surface area contributed by atoms with Gasteiger partial charge < -0.3 is 4.57 Å². The Balaban J connectivity index is 4.13. The molecule has 58 valence electrons. The molecule has 0 fully saturated rings. The average molecular weight is 201 g/mol. The molecule has 1 atom stereocenters. The zero-order valence-electron chi connectivity index (χ0n) is 5.38. The lowest BCUT2D eigenvalue weighted by molar-refractivity contribution is -0.107. The maximum absolute atomic E-state index is 11.0. The van der Waals surface area contributed by atoms with E-state index in [0.717, 1.165) is 11.9 Å². The molecule has 0 aliphatic carbocycles. The fourth-order valence-electron chi connectivity index (χ4n) is 0.275. The second-order valence-electron chi connectivity index (χ2n) is 1.64. The molecule has 0 spiro atoms. The van der Waals surface area contributed by atoms with Gasteiger partial charge in [-0.2, -0.15) is 0 Å². The number of hydrogen-bond acceptors (Lipinski definition) is 2. The minimum absolute atomic E-state index is 0.329.